The van der Waals surface area contributed by atoms with Gasteiger partial charge in [0.25, 0.3) is 5.91 Å². The molecule has 4 atom stereocenters. The third kappa shape index (κ3) is 5.98. The number of piperazine rings is 1. The van der Waals surface area contributed by atoms with E-state index >= 15 is 0 Å². The van der Waals surface area contributed by atoms with Crippen LogP contribution in [0.4, 0.5) is 5.69 Å². The highest BCUT2D eigenvalue weighted by molar-refractivity contribution is 5.99. The molecule has 3 fully saturated rings. The van der Waals surface area contributed by atoms with Gasteiger partial charge >= 0.3 is 0 Å². The Hall–Kier alpha value is -2.53. The lowest BCUT2D eigenvalue weighted by molar-refractivity contribution is -0.140. The highest BCUT2D eigenvalue weighted by Crippen LogP contribution is 2.32. The first-order valence-corrected chi connectivity index (χ1v) is 13.0. The first kappa shape index (κ1) is 27.5. The van der Waals surface area contributed by atoms with Gasteiger partial charge in [0, 0.05) is 58.2 Å². The average Bonchev–Trinajstić information content (AvgIpc) is 3.45. The van der Waals surface area contributed by atoms with Crippen molar-refractivity contribution in [3.63, 3.8) is 0 Å². The molecule has 10 heteroatoms. The number of likely N-dealkylation sites (tertiary alicyclic amines) is 1. The van der Waals surface area contributed by atoms with Gasteiger partial charge in [-0.3, -0.25) is 19.3 Å². The fourth-order valence-corrected chi connectivity index (χ4v) is 5.35. The van der Waals surface area contributed by atoms with E-state index in [1.807, 2.05) is 32.9 Å². The Morgan fingerprint density at radius 2 is 1.78 bits per heavy atom. The molecule has 0 aromatic heterocycles. The molecule has 0 aliphatic carbocycles. The molecular weight excluding hydrogens is 476 g/mol. The lowest BCUT2D eigenvalue weighted by Crippen LogP contribution is -2.57. The average molecular weight is 517 g/mol. The number of rotatable bonds is 8. The quantitative estimate of drug-likeness (QED) is 0.542. The summed E-state index contributed by atoms with van der Waals surface area (Å²) in [4.78, 5) is 45.6. The smallest absolute Gasteiger partial charge is 0.251 e. The third-order valence-corrected chi connectivity index (χ3v) is 7.59. The van der Waals surface area contributed by atoms with E-state index in [1.165, 1.54) is 4.90 Å². The molecule has 1 aromatic rings. The molecule has 3 aliphatic rings. The maximum absolute atomic E-state index is 13.7. The molecule has 2 amide bonds. The van der Waals surface area contributed by atoms with Crippen LogP contribution in [0.3, 0.4) is 0 Å². The van der Waals surface area contributed by atoms with Crippen LogP contribution in [-0.2, 0) is 23.8 Å². The number of anilines is 1. The number of nitrogens with one attached hydrogen (secondary N) is 1. The summed E-state index contributed by atoms with van der Waals surface area (Å²) in [7, 11) is 3.27. The first-order valence-electron chi connectivity index (χ1n) is 13.0. The topological polar surface area (TPSA) is 101 Å². The summed E-state index contributed by atoms with van der Waals surface area (Å²) in [5.74, 6) is -0.749. The van der Waals surface area contributed by atoms with Crippen LogP contribution in [0.25, 0.3) is 0 Å². The zero-order valence-electron chi connectivity index (χ0n) is 22.6. The SMILES string of the molecule is COCCN1CCN(c2ccc(C(=O)N[C@H](C(=O)N3C[C@@H](OC)[C@H]4OCC(=O)[C@H]43)C(C)(C)C)cc2)CC1. The summed E-state index contributed by atoms with van der Waals surface area (Å²) in [6.45, 7) is 11.4. The number of hydrogen-bond acceptors (Lipinski definition) is 8. The fraction of sp³-hybridized carbons (Fsp3) is 0.667. The summed E-state index contributed by atoms with van der Waals surface area (Å²) >= 11 is 0. The number of carbonyl (C=O) groups excluding carboxylic acids is 3. The number of hydrogen-bond donors (Lipinski definition) is 1. The van der Waals surface area contributed by atoms with E-state index in [4.69, 9.17) is 14.2 Å². The van der Waals surface area contributed by atoms with Crippen LogP contribution in [0.5, 0.6) is 0 Å². The summed E-state index contributed by atoms with van der Waals surface area (Å²) in [6, 6.07) is 6.02. The second-order valence-electron chi connectivity index (χ2n) is 11.1. The molecule has 0 radical (unpaired) electrons. The van der Waals surface area contributed by atoms with Crippen LogP contribution in [-0.4, -0.2) is 118 Å². The molecule has 0 saturated carbocycles. The number of nitrogens with zero attached hydrogens (tertiary/aromatic N) is 3. The van der Waals surface area contributed by atoms with Gasteiger partial charge in [0.05, 0.1) is 13.2 Å². The molecule has 3 aliphatic heterocycles. The Labute approximate surface area is 219 Å². The Balaban J connectivity index is 1.41. The van der Waals surface area contributed by atoms with Crippen molar-refractivity contribution in [2.24, 2.45) is 5.41 Å². The van der Waals surface area contributed by atoms with Crippen molar-refractivity contribution in [3.8, 4) is 0 Å². The Morgan fingerprint density at radius 3 is 2.38 bits per heavy atom. The Morgan fingerprint density at radius 1 is 1.11 bits per heavy atom. The van der Waals surface area contributed by atoms with Crippen LogP contribution in [0.1, 0.15) is 31.1 Å². The van der Waals surface area contributed by atoms with Gasteiger partial charge in [0.1, 0.15) is 30.9 Å². The van der Waals surface area contributed by atoms with Crippen molar-refractivity contribution in [2.75, 3.05) is 71.6 Å². The molecule has 3 saturated heterocycles. The summed E-state index contributed by atoms with van der Waals surface area (Å²) in [5, 5.41) is 2.95. The van der Waals surface area contributed by atoms with Gasteiger partial charge in [-0.1, -0.05) is 20.8 Å². The van der Waals surface area contributed by atoms with E-state index in [9.17, 15) is 14.4 Å². The minimum Gasteiger partial charge on any atom is -0.383 e. The summed E-state index contributed by atoms with van der Waals surface area (Å²) in [6.07, 6.45) is -0.835. The number of fused-ring (bicyclic) bond motifs is 1. The first-order chi connectivity index (χ1) is 17.6. The van der Waals surface area contributed by atoms with E-state index < -0.39 is 23.6 Å². The molecule has 1 aromatic carbocycles. The molecule has 37 heavy (non-hydrogen) atoms. The molecule has 10 nitrogen and oxygen atoms in total. The Kier molecular flexibility index (Phi) is 8.52. The second kappa shape index (κ2) is 11.5. The fourth-order valence-electron chi connectivity index (χ4n) is 5.35. The van der Waals surface area contributed by atoms with E-state index in [0.29, 0.717) is 5.56 Å². The zero-order valence-corrected chi connectivity index (χ0v) is 22.6. The van der Waals surface area contributed by atoms with Crippen molar-refractivity contribution < 1.29 is 28.6 Å². The highest BCUT2D eigenvalue weighted by atomic mass is 16.5. The molecule has 4 rings (SSSR count). The molecule has 1 N–H and O–H groups in total. The van der Waals surface area contributed by atoms with E-state index in [2.05, 4.69) is 15.1 Å². The van der Waals surface area contributed by atoms with Crippen LogP contribution < -0.4 is 10.2 Å². The minimum absolute atomic E-state index is 0.0277. The van der Waals surface area contributed by atoms with Gasteiger partial charge < -0.3 is 29.3 Å². The maximum Gasteiger partial charge on any atom is 0.251 e. The van der Waals surface area contributed by atoms with E-state index in [-0.39, 0.29) is 36.9 Å². The number of benzene rings is 1. The van der Waals surface area contributed by atoms with Gasteiger partial charge in [-0.15, -0.1) is 0 Å². The van der Waals surface area contributed by atoms with Crippen LogP contribution >= 0.6 is 0 Å². The van der Waals surface area contributed by atoms with Gasteiger partial charge in [-0.2, -0.15) is 0 Å². The van der Waals surface area contributed by atoms with Crippen LogP contribution in [0.15, 0.2) is 24.3 Å². The molecule has 0 spiro atoms. The van der Waals surface area contributed by atoms with Crippen molar-refractivity contribution in [1.29, 1.82) is 0 Å². The summed E-state index contributed by atoms with van der Waals surface area (Å²) < 4.78 is 16.3. The lowest BCUT2D eigenvalue weighted by atomic mass is 9.85. The van der Waals surface area contributed by atoms with E-state index in [0.717, 1.165) is 45.0 Å². The largest absolute Gasteiger partial charge is 0.383 e. The third-order valence-electron chi connectivity index (χ3n) is 7.59. The standard InChI is InChI=1S/C27H40N4O6/c1-27(2,3)24(26(34)31-16-21(36-5)23-22(31)20(32)17-37-23)28-25(33)18-6-8-19(9-7-18)30-12-10-29(11-13-30)14-15-35-4/h6-9,21-24H,10-17H2,1-5H3,(H,28,33)/t21-,22-,23-,24-/m1/s1. The molecular formula is C27H40N4O6. The van der Waals surface area contributed by atoms with Crippen molar-refractivity contribution in [3.05, 3.63) is 29.8 Å². The number of methoxy groups -OCH3 is 2. The van der Waals surface area contributed by atoms with Gasteiger partial charge in [-0.05, 0) is 29.7 Å². The minimum atomic E-state index is -0.815. The molecule has 0 unspecified atom stereocenters. The van der Waals surface area contributed by atoms with Crippen LogP contribution in [0, 0.1) is 5.41 Å². The predicted octanol–water partition coefficient (Wildman–Crippen LogP) is 0.793. The maximum atomic E-state index is 13.7. The molecule has 3 heterocycles. The zero-order chi connectivity index (χ0) is 26.7. The van der Waals surface area contributed by atoms with Gasteiger partial charge in [0.15, 0.2) is 5.78 Å². The van der Waals surface area contributed by atoms with Crippen molar-refractivity contribution >= 4 is 23.3 Å². The second-order valence-corrected chi connectivity index (χ2v) is 11.1. The number of carbonyl (C=O) groups is 3. The Bertz CT molecular complexity index is 970. The number of Topliss-reactive ketones (excluding diaryl/α,β-unsaturated/α-hetero) is 1. The van der Waals surface area contributed by atoms with Crippen molar-refractivity contribution in [1.82, 2.24) is 15.1 Å². The monoisotopic (exact) mass is 516 g/mol. The summed E-state index contributed by atoms with van der Waals surface area (Å²) in [5.41, 5.74) is 0.983. The molecule has 0 bridgehead atoms. The molecule has 204 valence electrons. The van der Waals surface area contributed by atoms with Crippen LogP contribution in [0.2, 0.25) is 0 Å². The predicted molar refractivity (Wildman–Crippen MR) is 139 cm³/mol. The van der Waals surface area contributed by atoms with E-state index in [1.54, 1.807) is 26.4 Å². The number of ketones is 1. The lowest BCUT2D eigenvalue weighted by Gasteiger charge is -2.36. The van der Waals surface area contributed by atoms with Gasteiger partial charge in [-0.25, -0.2) is 0 Å². The van der Waals surface area contributed by atoms with Crippen molar-refractivity contribution in [2.45, 2.75) is 45.1 Å². The number of ether oxygens (including phenoxy) is 3. The number of amides is 2. The normalized spacial score (nSPS) is 25.3. The highest BCUT2D eigenvalue weighted by Gasteiger charge is 2.54. The van der Waals surface area contributed by atoms with Gasteiger partial charge in [0.2, 0.25) is 5.91 Å².